The summed E-state index contributed by atoms with van der Waals surface area (Å²) in [5.41, 5.74) is 0.833. The van der Waals surface area contributed by atoms with Gasteiger partial charge in [0.25, 0.3) is 0 Å². The molecule has 0 saturated carbocycles. The molecule has 23 heavy (non-hydrogen) atoms. The fraction of sp³-hybridized carbons (Fsp3) is 0.133. The van der Waals surface area contributed by atoms with Gasteiger partial charge in [0, 0.05) is 10.6 Å². The molecule has 1 atom stereocenters. The van der Waals surface area contributed by atoms with Crippen LogP contribution >= 0.6 is 11.6 Å². The van der Waals surface area contributed by atoms with E-state index in [1.807, 2.05) is 0 Å². The van der Waals surface area contributed by atoms with Gasteiger partial charge < -0.3 is 14.9 Å². The highest BCUT2D eigenvalue weighted by molar-refractivity contribution is 6.31. The van der Waals surface area contributed by atoms with E-state index in [9.17, 15) is 23.1 Å². The summed E-state index contributed by atoms with van der Waals surface area (Å²) >= 11 is 5.93. The lowest BCUT2D eigenvalue weighted by atomic mass is 10.0. The lowest BCUT2D eigenvalue weighted by Gasteiger charge is -2.12. The van der Waals surface area contributed by atoms with E-state index >= 15 is 0 Å². The minimum atomic E-state index is -4.80. The molecule has 0 saturated heterocycles. The molecule has 2 aromatic rings. The largest absolute Gasteiger partial charge is 0.573 e. The van der Waals surface area contributed by atoms with E-state index in [1.54, 1.807) is 6.07 Å². The molecule has 1 unspecified atom stereocenters. The van der Waals surface area contributed by atoms with E-state index in [0.29, 0.717) is 11.1 Å². The molecule has 8 heteroatoms. The van der Waals surface area contributed by atoms with E-state index < -0.39 is 18.4 Å². The Labute approximate surface area is 133 Å². The summed E-state index contributed by atoms with van der Waals surface area (Å²) in [5, 5.41) is 18.2. The molecule has 0 aromatic heterocycles. The quantitative estimate of drug-likeness (QED) is 0.877. The topological polar surface area (TPSA) is 66.8 Å². The summed E-state index contributed by atoms with van der Waals surface area (Å²) in [4.78, 5) is 10.8. The molecule has 0 aliphatic carbocycles. The highest BCUT2D eigenvalue weighted by Gasteiger charge is 2.31. The number of alkyl halides is 3. The number of benzene rings is 2. The van der Waals surface area contributed by atoms with Gasteiger partial charge in [-0.15, -0.1) is 13.2 Å². The molecule has 0 spiro atoms. The van der Waals surface area contributed by atoms with Crippen molar-refractivity contribution in [3.05, 3.63) is 53.1 Å². The fourth-order valence-electron chi connectivity index (χ4n) is 1.93. The average Bonchev–Trinajstić information content (AvgIpc) is 2.44. The first-order valence-electron chi connectivity index (χ1n) is 6.24. The highest BCUT2D eigenvalue weighted by atomic mass is 35.5. The fourth-order valence-corrected chi connectivity index (χ4v) is 2.22. The Kier molecular flexibility index (Phi) is 4.82. The van der Waals surface area contributed by atoms with Crippen LogP contribution in [0.1, 0.15) is 11.7 Å². The van der Waals surface area contributed by atoms with Gasteiger partial charge in [-0.05, 0) is 29.3 Å². The minimum absolute atomic E-state index is 0.00869. The summed E-state index contributed by atoms with van der Waals surface area (Å²) in [5.74, 6) is -1.85. The lowest BCUT2D eigenvalue weighted by Crippen LogP contribution is -2.17. The number of aliphatic hydroxyl groups excluding tert-OH is 1. The molecule has 0 bridgehead atoms. The van der Waals surface area contributed by atoms with Gasteiger partial charge in [0.05, 0.1) is 0 Å². The maximum Gasteiger partial charge on any atom is 0.573 e. The Morgan fingerprint density at radius 1 is 1.13 bits per heavy atom. The highest BCUT2D eigenvalue weighted by Crippen LogP contribution is 2.32. The van der Waals surface area contributed by atoms with Crippen LogP contribution in [0.25, 0.3) is 11.1 Å². The first kappa shape index (κ1) is 17.1. The molecule has 0 heterocycles. The first-order chi connectivity index (χ1) is 10.7. The number of aliphatic carboxylic acids is 1. The Hall–Kier alpha value is -2.25. The smallest absolute Gasteiger partial charge is 0.479 e. The molecule has 4 nitrogen and oxygen atoms in total. The maximum atomic E-state index is 12.2. The second-order valence-corrected chi connectivity index (χ2v) is 4.96. The van der Waals surface area contributed by atoms with Crippen molar-refractivity contribution in [2.45, 2.75) is 12.5 Å². The number of carbonyl (C=O) groups is 1. The van der Waals surface area contributed by atoms with Crippen molar-refractivity contribution >= 4 is 17.6 Å². The number of rotatable bonds is 4. The van der Waals surface area contributed by atoms with Gasteiger partial charge in [0.15, 0.2) is 6.10 Å². The molecule has 0 amide bonds. The molecule has 2 aromatic carbocycles. The Morgan fingerprint density at radius 2 is 1.78 bits per heavy atom. The van der Waals surface area contributed by atoms with Crippen LogP contribution in [-0.4, -0.2) is 22.5 Å². The Morgan fingerprint density at radius 3 is 2.35 bits per heavy atom. The van der Waals surface area contributed by atoms with E-state index in [4.69, 9.17) is 16.7 Å². The van der Waals surface area contributed by atoms with Gasteiger partial charge in [-0.3, -0.25) is 0 Å². The maximum absolute atomic E-state index is 12.2. The number of hydrogen-bond donors (Lipinski definition) is 2. The lowest BCUT2D eigenvalue weighted by molar-refractivity contribution is -0.274. The third-order valence-electron chi connectivity index (χ3n) is 2.93. The number of halogens is 4. The molecule has 122 valence electrons. The normalized spacial score (nSPS) is 12.7. The molecule has 0 aliphatic rings. The second kappa shape index (κ2) is 6.47. The molecular formula is C15H10ClF3O4. The van der Waals surface area contributed by atoms with E-state index in [-0.39, 0.29) is 16.3 Å². The zero-order valence-corrected chi connectivity index (χ0v) is 12.1. The zero-order valence-electron chi connectivity index (χ0n) is 11.3. The molecule has 0 fully saturated rings. The van der Waals surface area contributed by atoms with E-state index in [2.05, 4.69) is 4.74 Å². The van der Waals surface area contributed by atoms with Crippen molar-refractivity contribution in [3.8, 4) is 16.9 Å². The molecule has 0 radical (unpaired) electrons. The third-order valence-corrected chi connectivity index (χ3v) is 3.26. The predicted octanol–water partition coefficient (Wildman–Crippen LogP) is 4.02. The van der Waals surface area contributed by atoms with Crippen LogP contribution in [0.4, 0.5) is 13.2 Å². The first-order valence-corrected chi connectivity index (χ1v) is 6.61. The summed E-state index contributed by atoms with van der Waals surface area (Å²) in [6.45, 7) is 0. The van der Waals surface area contributed by atoms with Gasteiger partial charge in [0.1, 0.15) is 5.75 Å². The second-order valence-electron chi connectivity index (χ2n) is 4.55. The monoisotopic (exact) mass is 346 g/mol. The molecule has 2 N–H and O–H groups in total. The van der Waals surface area contributed by atoms with E-state index in [0.717, 1.165) is 6.07 Å². The van der Waals surface area contributed by atoms with Crippen molar-refractivity contribution in [1.82, 2.24) is 0 Å². The van der Waals surface area contributed by atoms with Gasteiger partial charge in [-0.2, -0.15) is 0 Å². The van der Waals surface area contributed by atoms with Crippen LogP contribution in [0.5, 0.6) is 5.75 Å². The summed E-state index contributed by atoms with van der Waals surface area (Å²) in [6.07, 6.45) is -6.58. The standard InChI is InChI=1S/C15H10ClF3O4/c16-12-7-9(4-5-11(12)13(20)14(21)22)8-2-1-3-10(6-8)23-15(17,18)19/h1-7,13,20H,(H,21,22). The van der Waals surface area contributed by atoms with Gasteiger partial charge in [0.2, 0.25) is 0 Å². The summed E-state index contributed by atoms with van der Waals surface area (Å²) in [6, 6.07) is 9.35. The third kappa shape index (κ3) is 4.37. The van der Waals surface area contributed by atoms with Crippen LogP contribution in [0.2, 0.25) is 5.02 Å². The van der Waals surface area contributed by atoms with Crippen molar-refractivity contribution in [1.29, 1.82) is 0 Å². The van der Waals surface area contributed by atoms with Crippen LogP contribution in [0, 0.1) is 0 Å². The predicted molar refractivity (Wildman–Crippen MR) is 76.2 cm³/mol. The number of carboxylic acids is 1. The number of hydrogen-bond acceptors (Lipinski definition) is 3. The van der Waals surface area contributed by atoms with Crippen molar-refractivity contribution < 1.29 is 32.9 Å². The Balaban J connectivity index is 2.34. The SMILES string of the molecule is O=C(O)C(O)c1ccc(-c2cccc(OC(F)(F)F)c2)cc1Cl. The van der Waals surface area contributed by atoms with Crippen molar-refractivity contribution in [2.75, 3.05) is 0 Å². The van der Waals surface area contributed by atoms with Gasteiger partial charge in [-0.25, -0.2) is 4.79 Å². The molecule has 0 aliphatic heterocycles. The minimum Gasteiger partial charge on any atom is -0.479 e. The van der Waals surface area contributed by atoms with Crippen LogP contribution in [-0.2, 0) is 4.79 Å². The van der Waals surface area contributed by atoms with Crippen LogP contribution < -0.4 is 4.74 Å². The molecule has 2 rings (SSSR count). The van der Waals surface area contributed by atoms with E-state index in [1.165, 1.54) is 30.3 Å². The zero-order chi connectivity index (χ0) is 17.2. The average molecular weight is 347 g/mol. The van der Waals surface area contributed by atoms with Crippen LogP contribution in [0.3, 0.4) is 0 Å². The van der Waals surface area contributed by atoms with Gasteiger partial charge in [-0.1, -0.05) is 35.9 Å². The Bertz CT molecular complexity index is 731. The van der Waals surface area contributed by atoms with Crippen molar-refractivity contribution in [3.63, 3.8) is 0 Å². The van der Waals surface area contributed by atoms with Gasteiger partial charge >= 0.3 is 12.3 Å². The number of ether oxygens (including phenoxy) is 1. The summed E-state index contributed by atoms with van der Waals surface area (Å²) in [7, 11) is 0. The summed E-state index contributed by atoms with van der Waals surface area (Å²) < 4.78 is 40.5. The molecular weight excluding hydrogens is 337 g/mol. The number of carboxylic acid groups (broad SMARTS) is 1. The van der Waals surface area contributed by atoms with Crippen molar-refractivity contribution in [2.24, 2.45) is 0 Å². The number of aliphatic hydroxyl groups is 1. The van der Waals surface area contributed by atoms with Crippen LogP contribution in [0.15, 0.2) is 42.5 Å².